The van der Waals surface area contributed by atoms with Gasteiger partial charge in [-0.1, -0.05) is 6.92 Å². The summed E-state index contributed by atoms with van der Waals surface area (Å²) in [5.41, 5.74) is 0. The second kappa shape index (κ2) is 3.72. The van der Waals surface area contributed by atoms with Crippen molar-refractivity contribution in [2.75, 3.05) is 13.2 Å². The maximum absolute atomic E-state index is 10.4. The van der Waals surface area contributed by atoms with Gasteiger partial charge in [0, 0.05) is 13.2 Å². The highest BCUT2D eigenvalue weighted by Crippen LogP contribution is 2.20. The van der Waals surface area contributed by atoms with Gasteiger partial charge in [-0.3, -0.25) is 4.79 Å². The van der Waals surface area contributed by atoms with Gasteiger partial charge in [-0.15, -0.1) is 0 Å². The number of ether oxygens (including phenoxy) is 1. The summed E-state index contributed by atoms with van der Waals surface area (Å²) in [7, 11) is 0. The largest absolute Gasteiger partial charge is 0.481 e. The van der Waals surface area contributed by atoms with E-state index in [0.29, 0.717) is 5.92 Å². The monoisotopic (exact) mass is 158 g/mol. The molecule has 0 aliphatic carbocycles. The van der Waals surface area contributed by atoms with Crippen LogP contribution in [0.1, 0.15) is 19.8 Å². The van der Waals surface area contributed by atoms with Gasteiger partial charge in [-0.05, 0) is 18.8 Å². The molecule has 1 unspecified atom stereocenters. The van der Waals surface area contributed by atoms with Gasteiger partial charge in [-0.2, -0.15) is 0 Å². The SMILES string of the molecule is C[C@@H](CC1CCOC1)C(=O)O. The quantitative estimate of drug-likeness (QED) is 0.669. The van der Waals surface area contributed by atoms with Crippen molar-refractivity contribution in [2.24, 2.45) is 11.8 Å². The summed E-state index contributed by atoms with van der Waals surface area (Å²) in [6.07, 6.45) is 1.78. The number of rotatable bonds is 3. The molecule has 11 heavy (non-hydrogen) atoms. The van der Waals surface area contributed by atoms with E-state index in [0.717, 1.165) is 26.1 Å². The fourth-order valence-corrected chi connectivity index (χ4v) is 1.37. The normalized spacial score (nSPS) is 26.8. The van der Waals surface area contributed by atoms with Crippen LogP contribution >= 0.6 is 0 Å². The molecule has 0 radical (unpaired) electrons. The highest BCUT2D eigenvalue weighted by atomic mass is 16.5. The molecule has 1 aliphatic rings. The van der Waals surface area contributed by atoms with E-state index in [4.69, 9.17) is 9.84 Å². The van der Waals surface area contributed by atoms with Crippen LogP contribution in [0.25, 0.3) is 0 Å². The predicted octanol–water partition coefficient (Wildman–Crippen LogP) is 1.13. The van der Waals surface area contributed by atoms with Gasteiger partial charge in [0.05, 0.1) is 5.92 Å². The van der Waals surface area contributed by atoms with Crippen molar-refractivity contribution in [3.8, 4) is 0 Å². The van der Waals surface area contributed by atoms with Crippen molar-refractivity contribution >= 4 is 5.97 Å². The smallest absolute Gasteiger partial charge is 0.306 e. The molecule has 0 aromatic heterocycles. The van der Waals surface area contributed by atoms with Crippen LogP contribution in [0, 0.1) is 11.8 Å². The Labute approximate surface area is 66.4 Å². The Morgan fingerprint density at radius 1 is 1.82 bits per heavy atom. The second-order valence-electron chi connectivity index (χ2n) is 3.20. The summed E-state index contributed by atoms with van der Waals surface area (Å²) >= 11 is 0. The second-order valence-corrected chi connectivity index (χ2v) is 3.20. The molecule has 0 saturated carbocycles. The molecule has 64 valence electrons. The van der Waals surface area contributed by atoms with Crippen LogP contribution in [0.15, 0.2) is 0 Å². The van der Waals surface area contributed by atoms with Crippen molar-refractivity contribution in [3.05, 3.63) is 0 Å². The van der Waals surface area contributed by atoms with Crippen molar-refractivity contribution in [1.82, 2.24) is 0 Å². The predicted molar refractivity (Wildman–Crippen MR) is 40.3 cm³/mol. The zero-order valence-corrected chi connectivity index (χ0v) is 6.75. The van der Waals surface area contributed by atoms with E-state index in [1.165, 1.54) is 0 Å². The van der Waals surface area contributed by atoms with Gasteiger partial charge in [0.25, 0.3) is 0 Å². The first-order valence-corrected chi connectivity index (χ1v) is 4.00. The van der Waals surface area contributed by atoms with Crippen molar-refractivity contribution < 1.29 is 14.6 Å². The summed E-state index contributed by atoms with van der Waals surface area (Å²) in [6.45, 7) is 3.30. The minimum Gasteiger partial charge on any atom is -0.481 e. The van der Waals surface area contributed by atoms with E-state index in [9.17, 15) is 4.79 Å². The fraction of sp³-hybridized carbons (Fsp3) is 0.875. The van der Waals surface area contributed by atoms with E-state index >= 15 is 0 Å². The van der Waals surface area contributed by atoms with Crippen LogP contribution in [-0.4, -0.2) is 24.3 Å². The first kappa shape index (κ1) is 8.53. The lowest BCUT2D eigenvalue weighted by molar-refractivity contribution is -0.141. The lowest BCUT2D eigenvalue weighted by Crippen LogP contribution is -2.14. The van der Waals surface area contributed by atoms with Gasteiger partial charge in [0.15, 0.2) is 0 Å². The number of carbonyl (C=O) groups is 1. The summed E-state index contributed by atoms with van der Waals surface area (Å²) < 4.78 is 5.14. The van der Waals surface area contributed by atoms with Crippen LogP contribution in [0.4, 0.5) is 0 Å². The van der Waals surface area contributed by atoms with E-state index in [2.05, 4.69) is 0 Å². The number of hydrogen-bond acceptors (Lipinski definition) is 2. The summed E-state index contributed by atoms with van der Waals surface area (Å²) in [6, 6.07) is 0. The molecule has 1 N–H and O–H groups in total. The highest BCUT2D eigenvalue weighted by Gasteiger charge is 2.21. The maximum atomic E-state index is 10.4. The summed E-state index contributed by atoms with van der Waals surface area (Å²) in [4.78, 5) is 10.4. The highest BCUT2D eigenvalue weighted by molar-refractivity contribution is 5.69. The van der Waals surface area contributed by atoms with E-state index < -0.39 is 5.97 Å². The third-order valence-electron chi connectivity index (χ3n) is 2.13. The van der Waals surface area contributed by atoms with Gasteiger partial charge >= 0.3 is 5.97 Å². The molecular formula is C8H14O3. The van der Waals surface area contributed by atoms with E-state index in [1.54, 1.807) is 6.92 Å². The van der Waals surface area contributed by atoms with Crippen molar-refractivity contribution in [3.63, 3.8) is 0 Å². The Morgan fingerprint density at radius 3 is 3.00 bits per heavy atom. The maximum Gasteiger partial charge on any atom is 0.306 e. The topological polar surface area (TPSA) is 46.5 Å². The van der Waals surface area contributed by atoms with Gasteiger partial charge in [0.2, 0.25) is 0 Å². The van der Waals surface area contributed by atoms with Crippen molar-refractivity contribution in [2.45, 2.75) is 19.8 Å². The minimum atomic E-state index is -0.697. The fourth-order valence-electron chi connectivity index (χ4n) is 1.37. The zero-order chi connectivity index (χ0) is 8.27. The molecule has 2 atom stereocenters. The first-order chi connectivity index (χ1) is 5.20. The molecule has 1 fully saturated rings. The van der Waals surface area contributed by atoms with Crippen LogP contribution < -0.4 is 0 Å². The zero-order valence-electron chi connectivity index (χ0n) is 6.75. The lowest BCUT2D eigenvalue weighted by atomic mass is 9.95. The molecule has 3 heteroatoms. The van der Waals surface area contributed by atoms with Crippen LogP contribution in [0.3, 0.4) is 0 Å². The van der Waals surface area contributed by atoms with Crippen LogP contribution in [0.5, 0.6) is 0 Å². The Bertz CT molecular complexity index is 138. The molecule has 0 aromatic carbocycles. The number of carboxylic acids is 1. The van der Waals surface area contributed by atoms with E-state index in [-0.39, 0.29) is 5.92 Å². The molecule has 0 amide bonds. The Balaban J connectivity index is 2.23. The Morgan fingerprint density at radius 2 is 2.55 bits per heavy atom. The lowest BCUT2D eigenvalue weighted by Gasteiger charge is -2.09. The molecule has 3 nitrogen and oxygen atoms in total. The molecule has 0 spiro atoms. The standard InChI is InChI=1S/C8H14O3/c1-6(8(9)10)4-7-2-3-11-5-7/h6-7H,2-5H2,1H3,(H,9,10)/t6-,7?/m0/s1. The number of hydrogen-bond donors (Lipinski definition) is 1. The summed E-state index contributed by atoms with van der Waals surface area (Å²) in [5, 5.41) is 8.60. The molecule has 1 heterocycles. The number of carboxylic acid groups (broad SMARTS) is 1. The first-order valence-electron chi connectivity index (χ1n) is 4.00. The van der Waals surface area contributed by atoms with Gasteiger partial charge in [0.1, 0.15) is 0 Å². The van der Waals surface area contributed by atoms with Gasteiger partial charge < -0.3 is 9.84 Å². The molecule has 1 aliphatic heterocycles. The third kappa shape index (κ3) is 2.50. The number of aliphatic carboxylic acids is 1. The molecule has 0 aromatic rings. The summed E-state index contributed by atoms with van der Waals surface area (Å²) in [5.74, 6) is -0.445. The minimum absolute atomic E-state index is 0.221. The van der Waals surface area contributed by atoms with Crippen LogP contribution in [-0.2, 0) is 9.53 Å². The molecular weight excluding hydrogens is 144 g/mol. The Hall–Kier alpha value is -0.570. The molecule has 1 saturated heterocycles. The third-order valence-corrected chi connectivity index (χ3v) is 2.13. The van der Waals surface area contributed by atoms with Crippen LogP contribution in [0.2, 0.25) is 0 Å². The molecule has 0 bridgehead atoms. The molecule has 1 rings (SSSR count). The van der Waals surface area contributed by atoms with Crippen molar-refractivity contribution in [1.29, 1.82) is 0 Å². The Kier molecular flexibility index (Phi) is 2.88. The van der Waals surface area contributed by atoms with E-state index in [1.807, 2.05) is 0 Å². The average molecular weight is 158 g/mol. The van der Waals surface area contributed by atoms with Gasteiger partial charge in [-0.25, -0.2) is 0 Å². The average Bonchev–Trinajstić information content (AvgIpc) is 2.39.